The Labute approximate surface area is 258 Å². The van der Waals surface area contributed by atoms with Crippen molar-refractivity contribution in [1.29, 1.82) is 0 Å². The Hall–Kier alpha value is -5.61. The first-order chi connectivity index (χ1) is 22.0. The van der Waals surface area contributed by atoms with E-state index in [4.69, 9.17) is 9.47 Å². The molecule has 5 aromatic heterocycles. The highest BCUT2D eigenvalue weighted by Gasteiger charge is 2.16. The molecule has 0 saturated heterocycles. The van der Waals surface area contributed by atoms with Gasteiger partial charge in [0.15, 0.2) is 5.65 Å². The highest BCUT2D eigenvalue weighted by Crippen LogP contribution is 2.35. The fraction of sp³-hybridized carbons (Fsp3) is 0.143. The summed E-state index contributed by atoms with van der Waals surface area (Å²) in [6, 6.07) is 22.6. The number of hydrogen-bond donors (Lipinski definition) is 2. The van der Waals surface area contributed by atoms with E-state index < -0.39 is 0 Å². The maximum atomic E-state index is 14.7. The van der Waals surface area contributed by atoms with Gasteiger partial charge in [0.05, 0.1) is 17.6 Å². The van der Waals surface area contributed by atoms with E-state index in [1.807, 2.05) is 79.7 Å². The number of aromatic nitrogens is 6. The third-order valence-corrected chi connectivity index (χ3v) is 7.50. The molecule has 0 radical (unpaired) electrons. The molecule has 0 bridgehead atoms. The van der Waals surface area contributed by atoms with Gasteiger partial charge in [0.2, 0.25) is 0 Å². The van der Waals surface area contributed by atoms with Crippen molar-refractivity contribution in [3.05, 3.63) is 109 Å². The molecule has 0 saturated carbocycles. The number of halogens is 1. The molecule has 2 N–H and O–H groups in total. The zero-order valence-electron chi connectivity index (χ0n) is 24.8. The molecular weight excluding hydrogens is 569 g/mol. The van der Waals surface area contributed by atoms with Gasteiger partial charge in [-0.15, -0.1) is 0 Å². The molecule has 0 atom stereocenters. The Morgan fingerprint density at radius 3 is 2.51 bits per heavy atom. The molecule has 2 aromatic carbocycles. The van der Waals surface area contributed by atoms with Crippen molar-refractivity contribution < 1.29 is 13.9 Å². The molecule has 0 aliphatic heterocycles. The number of aromatic amines is 2. The van der Waals surface area contributed by atoms with Crippen LogP contribution in [0.2, 0.25) is 0 Å². The summed E-state index contributed by atoms with van der Waals surface area (Å²) in [5, 5.41) is 9.25. The average molecular weight is 600 g/mol. The van der Waals surface area contributed by atoms with Crippen molar-refractivity contribution in [1.82, 2.24) is 35.0 Å². The maximum absolute atomic E-state index is 14.7. The Morgan fingerprint density at radius 2 is 1.64 bits per heavy atom. The number of hydrogen-bond acceptors (Lipinski definition) is 7. The minimum atomic E-state index is -0.365. The quantitative estimate of drug-likeness (QED) is 0.176. The van der Waals surface area contributed by atoms with Crippen molar-refractivity contribution in [3.63, 3.8) is 0 Å². The van der Waals surface area contributed by atoms with E-state index in [9.17, 15) is 4.39 Å². The summed E-state index contributed by atoms with van der Waals surface area (Å²) in [4.78, 5) is 19.0. The van der Waals surface area contributed by atoms with Crippen LogP contribution in [0.4, 0.5) is 4.39 Å². The van der Waals surface area contributed by atoms with Crippen LogP contribution >= 0.6 is 0 Å². The van der Waals surface area contributed by atoms with Crippen LogP contribution in [0.1, 0.15) is 5.56 Å². The molecule has 5 heterocycles. The maximum Gasteiger partial charge on any atom is 0.181 e. The van der Waals surface area contributed by atoms with Crippen molar-refractivity contribution in [2.24, 2.45) is 0 Å². The lowest BCUT2D eigenvalue weighted by Gasteiger charge is -2.12. The average Bonchev–Trinajstić information content (AvgIpc) is 3.68. The van der Waals surface area contributed by atoms with Gasteiger partial charge in [-0.1, -0.05) is 30.3 Å². The summed E-state index contributed by atoms with van der Waals surface area (Å²) in [6.07, 6.45) is 6.97. The lowest BCUT2D eigenvalue weighted by molar-refractivity contribution is 0.260. The Bertz CT molecular complexity index is 2110. The number of likely N-dealkylation sites (N-methyl/N-ethyl adjacent to an activating group) is 1. The van der Waals surface area contributed by atoms with E-state index in [-0.39, 0.29) is 5.82 Å². The summed E-state index contributed by atoms with van der Waals surface area (Å²) >= 11 is 0. The Balaban J connectivity index is 1.20. The molecule has 0 spiro atoms. The molecule has 9 nitrogen and oxygen atoms in total. The first kappa shape index (κ1) is 28.2. The number of benzene rings is 2. The normalized spacial score (nSPS) is 11.5. The third kappa shape index (κ3) is 6.09. The zero-order chi connectivity index (χ0) is 30.8. The van der Waals surface area contributed by atoms with E-state index in [1.165, 1.54) is 12.1 Å². The molecule has 0 aliphatic rings. The van der Waals surface area contributed by atoms with Gasteiger partial charge in [0.25, 0.3) is 0 Å². The number of nitrogens with zero attached hydrogens (tertiary/aromatic N) is 5. The van der Waals surface area contributed by atoms with Crippen LogP contribution < -0.4 is 9.47 Å². The number of pyridine rings is 3. The Morgan fingerprint density at radius 1 is 0.800 bits per heavy atom. The van der Waals surface area contributed by atoms with Crippen molar-refractivity contribution in [2.45, 2.75) is 6.61 Å². The second-order valence-electron chi connectivity index (χ2n) is 11.0. The first-order valence-electron chi connectivity index (χ1n) is 14.5. The van der Waals surface area contributed by atoms with Gasteiger partial charge in [0.1, 0.15) is 36.2 Å². The third-order valence-electron chi connectivity index (χ3n) is 7.50. The molecule has 0 fully saturated rings. The van der Waals surface area contributed by atoms with E-state index in [0.29, 0.717) is 41.6 Å². The van der Waals surface area contributed by atoms with Crippen LogP contribution in [-0.4, -0.2) is 62.3 Å². The highest BCUT2D eigenvalue weighted by atomic mass is 19.1. The number of fused-ring (bicyclic) bond motifs is 2. The van der Waals surface area contributed by atoms with Gasteiger partial charge in [0, 0.05) is 53.1 Å². The molecule has 0 aliphatic carbocycles. The van der Waals surface area contributed by atoms with Gasteiger partial charge >= 0.3 is 0 Å². The zero-order valence-corrected chi connectivity index (χ0v) is 24.8. The van der Waals surface area contributed by atoms with Gasteiger partial charge in [-0.2, -0.15) is 5.10 Å². The Kier molecular flexibility index (Phi) is 7.62. The molecule has 224 valence electrons. The monoisotopic (exact) mass is 599 g/mol. The van der Waals surface area contributed by atoms with Crippen molar-refractivity contribution >= 4 is 22.1 Å². The van der Waals surface area contributed by atoms with Crippen molar-refractivity contribution in [2.75, 3.05) is 27.2 Å². The van der Waals surface area contributed by atoms with E-state index in [1.54, 1.807) is 24.8 Å². The summed E-state index contributed by atoms with van der Waals surface area (Å²) in [6.45, 7) is 1.64. The molecular formula is C35H30FN7O2. The van der Waals surface area contributed by atoms with Crippen molar-refractivity contribution in [3.8, 4) is 45.1 Å². The predicted molar refractivity (Wildman–Crippen MR) is 172 cm³/mol. The van der Waals surface area contributed by atoms with Crippen LogP contribution in [0.15, 0.2) is 97.6 Å². The van der Waals surface area contributed by atoms with Gasteiger partial charge in [-0.05, 0) is 67.2 Å². The number of nitrogens with one attached hydrogen (secondary N) is 2. The smallest absolute Gasteiger partial charge is 0.181 e. The van der Waals surface area contributed by atoms with Crippen LogP contribution in [0, 0.1) is 5.82 Å². The summed E-state index contributed by atoms with van der Waals surface area (Å²) in [7, 11) is 3.93. The predicted octanol–water partition coefficient (Wildman–Crippen LogP) is 6.89. The van der Waals surface area contributed by atoms with E-state index in [2.05, 4.69) is 30.1 Å². The highest BCUT2D eigenvalue weighted by molar-refractivity contribution is 5.99. The van der Waals surface area contributed by atoms with Gasteiger partial charge in [-0.25, -0.2) is 14.4 Å². The lowest BCUT2D eigenvalue weighted by Crippen LogP contribution is -2.19. The fourth-order valence-corrected chi connectivity index (χ4v) is 5.22. The molecule has 7 aromatic rings. The second kappa shape index (κ2) is 12.2. The minimum Gasteiger partial charge on any atom is -0.492 e. The van der Waals surface area contributed by atoms with E-state index >= 15 is 0 Å². The number of H-pyrrole nitrogens is 2. The van der Waals surface area contributed by atoms with Crippen LogP contribution in [-0.2, 0) is 6.61 Å². The topological polar surface area (TPSA) is 105 Å². The van der Waals surface area contributed by atoms with Gasteiger partial charge in [-0.3, -0.25) is 10.1 Å². The number of ether oxygens (including phenoxy) is 2. The minimum absolute atomic E-state index is 0.365. The lowest BCUT2D eigenvalue weighted by atomic mass is 10.0. The standard InChI is InChI=1S/C35H30FN7O2/c1-43(2)10-11-44-27-13-23(12-26(36)16-27)29-8-9-38-34-30(29)17-32(40-34)33-31-15-25(19-39-35(31)42-41-33)24-14-28(20-37-18-24)45-21-22-6-4-3-5-7-22/h3-9,12-20H,10-11,21H2,1-2H3,(H,38,40)(H,39,41,42). The van der Waals surface area contributed by atoms with Gasteiger partial charge < -0.3 is 19.4 Å². The summed E-state index contributed by atoms with van der Waals surface area (Å²) in [5.74, 6) is 0.784. The summed E-state index contributed by atoms with van der Waals surface area (Å²) < 4.78 is 26.5. The SMILES string of the molecule is CN(C)CCOc1cc(F)cc(-c2ccnc3[nH]c(-c4[nH]nc5ncc(-c6cncc(OCc7ccccc7)c6)cc45)cc23)c1. The van der Waals surface area contributed by atoms with Crippen LogP contribution in [0.3, 0.4) is 0 Å². The molecule has 10 heteroatoms. The van der Waals surface area contributed by atoms with Crippen LogP contribution in [0.5, 0.6) is 11.5 Å². The fourth-order valence-electron chi connectivity index (χ4n) is 5.22. The molecule has 45 heavy (non-hydrogen) atoms. The summed E-state index contributed by atoms with van der Waals surface area (Å²) in [5.41, 5.74) is 7.15. The molecule has 7 rings (SSSR count). The largest absolute Gasteiger partial charge is 0.492 e. The molecule has 0 amide bonds. The van der Waals surface area contributed by atoms with E-state index in [0.717, 1.165) is 51.0 Å². The molecule has 0 unspecified atom stereocenters. The van der Waals surface area contributed by atoms with Crippen LogP contribution in [0.25, 0.3) is 55.7 Å². The first-order valence-corrected chi connectivity index (χ1v) is 14.5. The number of rotatable bonds is 10. The second-order valence-corrected chi connectivity index (χ2v) is 11.0.